The lowest BCUT2D eigenvalue weighted by atomic mass is 10.0. The summed E-state index contributed by atoms with van der Waals surface area (Å²) in [6.45, 7) is 10.7. The van der Waals surface area contributed by atoms with E-state index >= 15 is 0 Å². The Morgan fingerprint density at radius 1 is 1.24 bits per heavy atom. The minimum Gasteiger partial charge on any atom is -0.338 e. The zero-order valence-electron chi connectivity index (χ0n) is 15.7. The van der Waals surface area contributed by atoms with Gasteiger partial charge in [0.15, 0.2) is 0 Å². The third kappa shape index (κ3) is 3.36. The van der Waals surface area contributed by atoms with Crippen LogP contribution in [0, 0.1) is 19.8 Å². The molecule has 0 spiro atoms. The number of carbonyl (C=O) groups excluding carboxylic acids is 1. The second-order valence-corrected chi connectivity index (χ2v) is 7.51. The van der Waals surface area contributed by atoms with E-state index in [1.807, 2.05) is 17.9 Å². The Labute approximate surface area is 150 Å². The van der Waals surface area contributed by atoms with E-state index in [1.165, 1.54) is 5.56 Å². The molecule has 1 fully saturated rings. The van der Waals surface area contributed by atoms with Crippen molar-refractivity contribution in [1.29, 1.82) is 0 Å². The number of hydrogen-bond acceptors (Lipinski definition) is 2. The van der Waals surface area contributed by atoms with Gasteiger partial charge in [-0.15, -0.1) is 0 Å². The van der Waals surface area contributed by atoms with Crippen LogP contribution in [0.1, 0.15) is 53.5 Å². The smallest absolute Gasteiger partial charge is 0.255 e. The van der Waals surface area contributed by atoms with Crippen molar-refractivity contribution in [3.8, 4) is 5.69 Å². The van der Waals surface area contributed by atoms with Gasteiger partial charge in [0.05, 0.1) is 5.56 Å². The number of rotatable bonds is 4. The van der Waals surface area contributed by atoms with Gasteiger partial charge in [-0.05, 0) is 62.4 Å². The van der Waals surface area contributed by atoms with Gasteiger partial charge < -0.3 is 15.2 Å². The molecule has 1 aromatic heterocycles. The number of amides is 1. The summed E-state index contributed by atoms with van der Waals surface area (Å²) in [5, 5.41) is 0. The molecule has 2 heterocycles. The second-order valence-electron chi connectivity index (χ2n) is 7.51. The number of hydrogen-bond donors (Lipinski definition) is 1. The topological polar surface area (TPSA) is 51.3 Å². The molecule has 2 N–H and O–H groups in total. The number of likely N-dealkylation sites (tertiary alicyclic amines) is 1. The fourth-order valence-corrected chi connectivity index (χ4v) is 3.76. The van der Waals surface area contributed by atoms with Crippen LogP contribution < -0.4 is 5.73 Å². The van der Waals surface area contributed by atoms with Gasteiger partial charge in [0.1, 0.15) is 0 Å². The minimum absolute atomic E-state index is 0.133. The molecule has 1 aliphatic rings. The van der Waals surface area contributed by atoms with Crippen molar-refractivity contribution < 1.29 is 4.79 Å². The Morgan fingerprint density at radius 3 is 2.48 bits per heavy atom. The van der Waals surface area contributed by atoms with E-state index < -0.39 is 0 Å². The minimum atomic E-state index is 0.133. The SMILES string of the molecule is Cc1cc(C(=O)N2CCC(CN)C2)c(C)n1-c1ccc(C(C)C)cc1. The molecule has 134 valence electrons. The second kappa shape index (κ2) is 7.04. The van der Waals surface area contributed by atoms with E-state index in [1.54, 1.807) is 0 Å². The summed E-state index contributed by atoms with van der Waals surface area (Å²) in [6.07, 6.45) is 1.01. The number of carbonyl (C=O) groups is 1. The summed E-state index contributed by atoms with van der Waals surface area (Å²) < 4.78 is 2.17. The number of nitrogens with zero attached hydrogens (tertiary/aromatic N) is 2. The van der Waals surface area contributed by atoms with E-state index in [-0.39, 0.29) is 5.91 Å². The molecule has 2 aromatic rings. The van der Waals surface area contributed by atoms with Crippen molar-refractivity contribution in [1.82, 2.24) is 9.47 Å². The van der Waals surface area contributed by atoms with Crippen molar-refractivity contribution in [2.24, 2.45) is 11.7 Å². The number of benzene rings is 1. The lowest BCUT2D eigenvalue weighted by molar-refractivity contribution is 0.0787. The van der Waals surface area contributed by atoms with Crippen LogP contribution in [0.2, 0.25) is 0 Å². The van der Waals surface area contributed by atoms with E-state index in [0.717, 1.165) is 42.1 Å². The number of aryl methyl sites for hydroxylation is 1. The molecule has 4 nitrogen and oxygen atoms in total. The predicted molar refractivity (Wildman–Crippen MR) is 102 cm³/mol. The normalized spacial score (nSPS) is 17.5. The van der Waals surface area contributed by atoms with Crippen LogP contribution in [-0.4, -0.2) is 35.0 Å². The molecule has 1 saturated heterocycles. The average Bonchev–Trinajstić information content (AvgIpc) is 3.19. The Balaban J connectivity index is 1.89. The van der Waals surface area contributed by atoms with Crippen LogP contribution in [-0.2, 0) is 0 Å². The first kappa shape index (κ1) is 17.7. The van der Waals surface area contributed by atoms with Crippen LogP contribution in [0.15, 0.2) is 30.3 Å². The van der Waals surface area contributed by atoms with Crippen molar-refractivity contribution in [3.05, 3.63) is 52.8 Å². The van der Waals surface area contributed by atoms with Gasteiger partial charge in [-0.3, -0.25) is 4.79 Å². The molecular formula is C21H29N3O. The quantitative estimate of drug-likeness (QED) is 0.924. The molecule has 1 atom stereocenters. The maximum Gasteiger partial charge on any atom is 0.255 e. The van der Waals surface area contributed by atoms with Gasteiger partial charge in [0.25, 0.3) is 5.91 Å². The first-order chi connectivity index (χ1) is 11.9. The lowest BCUT2D eigenvalue weighted by Gasteiger charge is -2.17. The molecule has 0 bridgehead atoms. The summed E-state index contributed by atoms with van der Waals surface area (Å²) in [5.41, 5.74) is 11.1. The monoisotopic (exact) mass is 339 g/mol. The molecule has 4 heteroatoms. The molecule has 1 aromatic carbocycles. The largest absolute Gasteiger partial charge is 0.338 e. The number of aromatic nitrogens is 1. The van der Waals surface area contributed by atoms with Crippen molar-refractivity contribution in [2.75, 3.05) is 19.6 Å². The molecule has 0 saturated carbocycles. The van der Waals surface area contributed by atoms with E-state index in [4.69, 9.17) is 5.73 Å². The van der Waals surface area contributed by atoms with Crippen LogP contribution in [0.4, 0.5) is 0 Å². The highest BCUT2D eigenvalue weighted by molar-refractivity contribution is 5.96. The van der Waals surface area contributed by atoms with E-state index in [2.05, 4.69) is 49.6 Å². The van der Waals surface area contributed by atoms with E-state index in [9.17, 15) is 4.79 Å². The standard InChI is InChI=1S/C21H29N3O/c1-14(2)18-5-7-19(8-6-18)24-15(3)11-20(16(24)4)21(25)23-10-9-17(12-22)13-23/h5-8,11,14,17H,9-10,12-13,22H2,1-4H3. The molecule has 1 unspecified atom stereocenters. The Kier molecular flexibility index (Phi) is 5.00. The summed E-state index contributed by atoms with van der Waals surface area (Å²) in [4.78, 5) is 14.9. The van der Waals surface area contributed by atoms with Crippen molar-refractivity contribution >= 4 is 5.91 Å². The highest BCUT2D eigenvalue weighted by atomic mass is 16.2. The third-order valence-corrected chi connectivity index (χ3v) is 5.39. The molecule has 3 rings (SSSR count). The summed E-state index contributed by atoms with van der Waals surface area (Å²) >= 11 is 0. The highest BCUT2D eigenvalue weighted by Crippen LogP contribution is 2.25. The summed E-state index contributed by atoms with van der Waals surface area (Å²) in [6, 6.07) is 10.6. The molecule has 0 aliphatic carbocycles. The molecular weight excluding hydrogens is 310 g/mol. The maximum atomic E-state index is 12.9. The Morgan fingerprint density at radius 2 is 1.92 bits per heavy atom. The van der Waals surface area contributed by atoms with Gasteiger partial charge in [0.2, 0.25) is 0 Å². The third-order valence-electron chi connectivity index (χ3n) is 5.39. The summed E-state index contributed by atoms with van der Waals surface area (Å²) in [7, 11) is 0. The summed E-state index contributed by atoms with van der Waals surface area (Å²) in [5.74, 6) is 1.09. The molecule has 25 heavy (non-hydrogen) atoms. The molecule has 1 amide bonds. The van der Waals surface area contributed by atoms with Gasteiger partial charge >= 0.3 is 0 Å². The van der Waals surface area contributed by atoms with Gasteiger partial charge in [-0.1, -0.05) is 26.0 Å². The lowest BCUT2D eigenvalue weighted by Crippen LogP contribution is -2.30. The van der Waals surface area contributed by atoms with E-state index in [0.29, 0.717) is 18.4 Å². The first-order valence-corrected chi connectivity index (χ1v) is 9.21. The average molecular weight is 339 g/mol. The van der Waals surface area contributed by atoms with Crippen LogP contribution >= 0.6 is 0 Å². The Bertz CT molecular complexity index is 758. The Hall–Kier alpha value is -2.07. The highest BCUT2D eigenvalue weighted by Gasteiger charge is 2.28. The van der Waals surface area contributed by atoms with Crippen LogP contribution in [0.25, 0.3) is 5.69 Å². The maximum absolute atomic E-state index is 12.9. The fraction of sp³-hybridized carbons (Fsp3) is 0.476. The van der Waals surface area contributed by atoms with Crippen LogP contribution in [0.3, 0.4) is 0 Å². The fourth-order valence-electron chi connectivity index (χ4n) is 3.76. The van der Waals surface area contributed by atoms with Gasteiger partial charge in [-0.2, -0.15) is 0 Å². The first-order valence-electron chi connectivity index (χ1n) is 9.21. The molecule has 1 aliphatic heterocycles. The van der Waals surface area contributed by atoms with Crippen molar-refractivity contribution in [2.45, 2.75) is 40.0 Å². The van der Waals surface area contributed by atoms with Gasteiger partial charge in [-0.25, -0.2) is 0 Å². The number of nitrogens with two attached hydrogens (primary N) is 1. The zero-order valence-corrected chi connectivity index (χ0v) is 15.7. The van der Waals surface area contributed by atoms with Crippen molar-refractivity contribution in [3.63, 3.8) is 0 Å². The van der Waals surface area contributed by atoms with Crippen LogP contribution in [0.5, 0.6) is 0 Å². The predicted octanol–water partition coefficient (Wildman–Crippen LogP) is 3.64. The van der Waals surface area contributed by atoms with Gasteiger partial charge in [0, 0.05) is 30.2 Å². The molecule has 0 radical (unpaired) electrons. The zero-order chi connectivity index (χ0) is 18.1.